The SMILES string of the molecule is C/C=C(C)\C=C/COc1ccccc1. The van der Waals surface area contributed by atoms with E-state index < -0.39 is 0 Å². The van der Waals surface area contributed by atoms with E-state index in [9.17, 15) is 0 Å². The second kappa shape index (κ2) is 6.03. The molecule has 0 aliphatic carbocycles. The Morgan fingerprint density at radius 2 is 2.00 bits per heavy atom. The van der Waals surface area contributed by atoms with Crippen molar-refractivity contribution in [1.29, 1.82) is 0 Å². The lowest BCUT2D eigenvalue weighted by molar-refractivity contribution is 0.363. The van der Waals surface area contributed by atoms with Crippen LogP contribution < -0.4 is 4.74 Å². The summed E-state index contributed by atoms with van der Waals surface area (Å²) in [5.74, 6) is 0.912. The first-order valence-electron chi connectivity index (χ1n) is 4.80. The van der Waals surface area contributed by atoms with Crippen LogP contribution in [-0.2, 0) is 0 Å². The average molecular weight is 188 g/mol. The minimum absolute atomic E-state index is 0.620. The molecule has 0 fully saturated rings. The van der Waals surface area contributed by atoms with Crippen molar-refractivity contribution in [2.24, 2.45) is 0 Å². The fourth-order valence-electron chi connectivity index (χ4n) is 0.991. The van der Waals surface area contributed by atoms with Gasteiger partial charge in [0, 0.05) is 0 Å². The molecule has 0 aliphatic heterocycles. The van der Waals surface area contributed by atoms with E-state index in [-0.39, 0.29) is 0 Å². The molecule has 14 heavy (non-hydrogen) atoms. The molecule has 1 nitrogen and oxygen atoms in total. The number of ether oxygens (including phenoxy) is 1. The summed E-state index contributed by atoms with van der Waals surface area (Å²) in [5, 5.41) is 0. The Hall–Kier alpha value is -1.50. The van der Waals surface area contributed by atoms with Crippen LogP contribution in [0.1, 0.15) is 13.8 Å². The second-order valence-corrected chi connectivity index (χ2v) is 3.06. The van der Waals surface area contributed by atoms with Crippen molar-refractivity contribution >= 4 is 0 Å². The van der Waals surface area contributed by atoms with Crippen molar-refractivity contribution < 1.29 is 4.74 Å². The predicted molar refractivity (Wildman–Crippen MR) is 60.5 cm³/mol. The van der Waals surface area contributed by atoms with Crippen molar-refractivity contribution in [3.8, 4) is 5.75 Å². The number of rotatable bonds is 4. The molecule has 1 aromatic rings. The van der Waals surface area contributed by atoms with E-state index in [4.69, 9.17) is 4.74 Å². The molecule has 0 saturated carbocycles. The molecule has 0 spiro atoms. The summed E-state index contributed by atoms with van der Waals surface area (Å²) >= 11 is 0. The molecule has 1 rings (SSSR count). The summed E-state index contributed by atoms with van der Waals surface area (Å²) < 4.78 is 5.49. The van der Waals surface area contributed by atoms with Gasteiger partial charge in [-0.1, -0.05) is 35.9 Å². The van der Waals surface area contributed by atoms with Crippen LogP contribution in [0.25, 0.3) is 0 Å². The molecule has 0 unspecified atom stereocenters. The topological polar surface area (TPSA) is 9.23 Å². The Kier molecular flexibility index (Phi) is 4.56. The predicted octanol–water partition coefficient (Wildman–Crippen LogP) is 3.59. The summed E-state index contributed by atoms with van der Waals surface area (Å²) in [6, 6.07) is 9.83. The van der Waals surface area contributed by atoms with Crippen LogP contribution in [0, 0.1) is 0 Å². The van der Waals surface area contributed by atoms with Gasteiger partial charge in [0.2, 0.25) is 0 Å². The third-order valence-electron chi connectivity index (χ3n) is 1.93. The van der Waals surface area contributed by atoms with Crippen LogP contribution >= 0.6 is 0 Å². The zero-order valence-electron chi connectivity index (χ0n) is 8.73. The van der Waals surface area contributed by atoms with Crippen molar-refractivity contribution in [3.05, 3.63) is 54.1 Å². The van der Waals surface area contributed by atoms with E-state index in [1.807, 2.05) is 43.3 Å². The van der Waals surface area contributed by atoms with E-state index in [0.29, 0.717) is 6.61 Å². The summed E-state index contributed by atoms with van der Waals surface area (Å²) in [7, 11) is 0. The van der Waals surface area contributed by atoms with Gasteiger partial charge in [0.15, 0.2) is 0 Å². The number of hydrogen-bond donors (Lipinski definition) is 0. The smallest absolute Gasteiger partial charge is 0.119 e. The first-order valence-corrected chi connectivity index (χ1v) is 4.80. The van der Waals surface area contributed by atoms with E-state index >= 15 is 0 Å². The third-order valence-corrected chi connectivity index (χ3v) is 1.93. The van der Waals surface area contributed by atoms with Crippen LogP contribution in [0.4, 0.5) is 0 Å². The van der Waals surface area contributed by atoms with E-state index in [1.54, 1.807) is 0 Å². The summed E-state index contributed by atoms with van der Waals surface area (Å²) in [6.45, 7) is 4.71. The number of allylic oxidation sites excluding steroid dienone is 3. The van der Waals surface area contributed by atoms with Crippen LogP contribution in [0.3, 0.4) is 0 Å². The monoisotopic (exact) mass is 188 g/mol. The van der Waals surface area contributed by atoms with Crippen LogP contribution in [0.2, 0.25) is 0 Å². The highest BCUT2D eigenvalue weighted by molar-refractivity contribution is 5.21. The van der Waals surface area contributed by atoms with Gasteiger partial charge < -0.3 is 4.74 Å². The van der Waals surface area contributed by atoms with Crippen LogP contribution in [0.5, 0.6) is 5.75 Å². The molecule has 1 aromatic carbocycles. The molecule has 1 heteroatoms. The highest BCUT2D eigenvalue weighted by Crippen LogP contribution is 2.07. The lowest BCUT2D eigenvalue weighted by Crippen LogP contribution is -1.92. The minimum atomic E-state index is 0.620. The van der Waals surface area contributed by atoms with E-state index in [0.717, 1.165) is 5.75 Å². The zero-order chi connectivity index (χ0) is 10.2. The second-order valence-electron chi connectivity index (χ2n) is 3.06. The molecule has 74 valence electrons. The van der Waals surface area contributed by atoms with Gasteiger partial charge in [-0.15, -0.1) is 0 Å². The maximum absolute atomic E-state index is 5.49. The van der Waals surface area contributed by atoms with Gasteiger partial charge in [0.25, 0.3) is 0 Å². The highest BCUT2D eigenvalue weighted by atomic mass is 16.5. The van der Waals surface area contributed by atoms with Gasteiger partial charge >= 0.3 is 0 Å². The summed E-state index contributed by atoms with van der Waals surface area (Å²) in [6.07, 6.45) is 6.14. The fraction of sp³-hybridized carbons (Fsp3) is 0.231. The number of hydrogen-bond acceptors (Lipinski definition) is 1. The molecule has 0 N–H and O–H groups in total. The maximum Gasteiger partial charge on any atom is 0.119 e. The van der Waals surface area contributed by atoms with Gasteiger partial charge in [-0.2, -0.15) is 0 Å². The van der Waals surface area contributed by atoms with E-state index in [1.165, 1.54) is 5.57 Å². The van der Waals surface area contributed by atoms with E-state index in [2.05, 4.69) is 19.1 Å². The molecule has 0 heterocycles. The molecule has 0 bridgehead atoms. The van der Waals surface area contributed by atoms with Crippen molar-refractivity contribution in [2.75, 3.05) is 6.61 Å². The number of para-hydroxylation sites is 1. The van der Waals surface area contributed by atoms with Crippen molar-refractivity contribution in [1.82, 2.24) is 0 Å². The molecule has 0 saturated heterocycles. The molecule has 0 aliphatic rings. The van der Waals surface area contributed by atoms with Gasteiger partial charge in [0.1, 0.15) is 12.4 Å². The Balaban J connectivity index is 2.32. The quantitative estimate of drug-likeness (QED) is 0.656. The molecule has 0 atom stereocenters. The lowest BCUT2D eigenvalue weighted by Gasteiger charge is -2.01. The first-order chi connectivity index (χ1) is 6.83. The molecular formula is C13H16O. The van der Waals surface area contributed by atoms with Crippen molar-refractivity contribution in [3.63, 3.8) is 0 Å². The van der Waals surface area contributed by atoms with Gasteiger partial charge in [-0.05, 0) is 32.1 Å². The summed E-state index contributed by atoms with van der Waals surface area (Å²) in [4.78, 5) is 0. The van der Waals surface area contributed by atoms with Gasteiger partial charge in [-0.25, -0.2) is 0 Å². The lowest BCUT2D eigenvalue weighted by atomic mass is 10.3. The third kappa shape index (κ3) is 3.94. The zero-order valence-corrected chi connectivity index (χ0v) is 8.73. The molecular weight excluding hydrogens is 172 g/mol. The minimum Gasteiger partial charge on any atom is -0.490 e. The number of benzene rings is 1. The maximum atomic E-state index is 5.49. The van der Waals surface area contributed by atoms with Crippen LogP contribution in [-0.4, -0.2) is 6.61 Å². The Labute approximate surface area is 85.7 Å². The Morgan fingerprint density at radius 1 is 1.29 bits per heavy atom. The average Bonchev–Trinajstić information content (AvgIpc) is 2.25. The van der Waals surface area contributed by atoms with Crippen LogP contribution in [0.15, 0.2) is 54.1 Å². The Morgan fingerprint density at radius 3 is 2.64 bits per heavy atom. The molecule has 0 amide bonds. The molecule has 0 aromatic heterocycles. The standard InChI is InChI=1S/C13H16O/c1-3-12(2)8-7-11-14-13-9-5-4-6-10-13/h3-10H,11H2,1-2H3/b8-7-,12-3-. The van der Waals surface area contributed by atoms with Gasteiger partial charge in [-0.3, -0.25) is 0 Å². The first kappa shape index (κ1) is 10.6. The fourth-order valence-corrected chi connectivity index (χ4v) is 0.991. The van der Waals surface area contributed by atoms with Gasteiger partial charge in [0.05, 0.1) is 0 Å². The molecule has 0 radical (unpaired) electrons. The summed E-state index contributed by atoms with van der Waals surface area (Å²) in [5.41, 5.74) is 1.25. The largest absolute Gasteiger partial charge is 0.490 e. The normalized spacial score (nSPS) is 12.0. The Bertz CT molecular complexity index is 309. The highest BCUT2D eigenvalue weighted by Gasteiger charge is 1.86. The van der Waals surface area contributed by atoms with Crippen molar-refractivity contribution in [2.45, 2.75) is 13.8 Å².